The summed E-state index contributed by atoms with van der Waals surface area (Å²) in [5, 5.41) is 0. The summed E-state index contributed by atoms with van der Waals surface area (Å²) in [5.41, 5.74) is 0.556. The smallest absolute Gasteiger partial charge is 0.240 e. The van der Waals surface area contributed by atoms with E-state index in [0.29, 0.717) is 12.0 Å². The summed E-state index contributed by atoms with van der Waals surface area (Å²) >= 11 is 0. The van der Waals surface area contributed by atoms with Crippen LogP contribution in [-0.4, -0.2) is 21.2 Å². The highest BCUT2D eigenvalue weighted by molar-refractivity contribution is 7.89. The fraction of sp³-hybridized carbons (Fsp3) is 0.417. The van der Waals surface area contributed by atoms with Gasteiger partial charge in [0.05, 0.1) is 4.90 Å². The average molecular weight is 255 g/mol. The van der Waals surface area contributed by atoms with Gasteiger partial charge in [0.2, 0.25) is 10.0 Å². The van der Waals surface area contributed by atoms with E-state index in [2.05, 4.69) is 4.72 Å². The summed E-state index contributed by atoms with van der Waals surface area (Å²) < 4.78 is 25.7. The van der Waals surface area contributed by atoms with Gasteiger partial charge in [-0.2, -0.15) is 0 Å². The van der Waals surface area contributed by atoms with Crippen LogP contribution >= 0.6 is 0 Å². The molecule has 0 saturated carbocycles. The summed E-state index contributed by atoms with van der Waals surface area (Å²) in [6.45, 7) is 1.92. The Hall–Kier alpha value is -1.20. The van der Waals surface area contributed by atoms with E-state index in [9.17, 15) is 13.2 Å². The largest absolute Gasteiger partial charge is 0.299 e. The maximum absolute atomic E-state index is 11.7. The number of rotatable bonds is 6. The summed E-state index contributed by atoms with van der Waals surface area (Å²) in [6, 6.07) is 6.58. The van der Waals surface area contributed by atoms with Crippen LogP contribution in [0.4, 0.5) is 0 Å². The van der Waals surface area contributed by atoms with Gasteiger partial charge in [0, 0.05) is 12.8 Å². The number of hydrogen-bond acceptors (Lipinski definition) is 3. The average Bonchev–Trinajstić information content (AvgIpc) is 2.30. The van der Waals surface area contributed by atoms with Crippen molar-refractivity contribution in [3.63, 3.8) is 0 Å². The minimum Gasteiger partial charge on any atom is -0.299 e. The number of carbonyl (C=O) groups is 1. The van der Waals surface area contributed by atoms with Crippen LogP contribution in [0.2, 0.25) is 0 Å². The van der Waals surface area contributed by atoms with E-state index < -0.39 is 10.0 Å². The first-order valence-electron chi connectivity index (χ1n) is 5.54. The number of carbonyl (C=O) groups excluding carboxylic acids is 1. The molecule has 0 aliphatic heterocycles. The van der Waals surface area contributed by atoms with Gasteiger partial charge in [-0.3, -0.25) is 4.79 Å². The lowest BCUT2D eigenvalue weighted by Crippen LogP contribution is -2.20. The molecule has 0 aliphatic carbocycles. The number of ketones is 1. The third-order valence-corrected chi connectivity index (χ3v) is 3.96. The molecule has 0 atom stereocenters. The van der Waals surface area contributed by atoms with Gasteiger partial charge < -0.3 is 0 Å². The van der Waals surface area contributed by atoms with Gasteiger partial charge in [0.15, 0.2) is 0 Å². The molecule has 0 aromatic heterocycles. The van der Waals surface area contributed by atoms with Crippen molar-refractivity contribution in [2.75, 3.05) is 7.05 Å². The second-order valence-electron chi connectivity index (χ2n) is 3.78. The summed E-state index contributed by atoms with van der Waals surface area (Å²) in [7, 11) is -2.13. The molecule has 1 aromatic rings. The van der Waals surface area contributed by atoms with E-state index >= 15 is 0 Å². The Balaban J connectivity index is 3.05. The van der Waals surface area contributed by atoms with Crippen LogP contribution < -0.4 is 4.72 Å². The van der Waals surface area contributed by atoms with Gasteiger partial charge in [-0.25, -0.2) is 13.1 Å². The van der Waals surface area contributed by atoms with Crippen molar-refractivity contribution in [3.05, 3.63) is 29.8 Å². The maximum Gasteiger partial charge on any atom is 0.240 e. The molecule has 0 unspecified atom stereocenters. The van der Waals surface area contributed by atoms with Crippen LogP contribution in [0.5, 0.6) is 0 Å². The van der Waals surface area contributed by atoms with Crippen LogP contribution in [0.3, 0.4) is 0 Å². The van der Waals surface area contributed by atoms with Gasteiger partial charge >= 0.3 is 0 Å². The molecule has 1 aromatic carbocycles. The Morgan fingerprint density at radius 3 is 2.53 bits per heavy atom. The minimum absolute atomic E-state index is 0.0613. The lowest BCUT2D eigenvalue weighted by Gasteiger charge is -2.08. The Morgan fingerprint density at radius 2 is 1.94 bits per heavy atom. The lowest BCUT2D eigenvalue weighted by molar-refractivity contribution is -0.118. The fourth-order valence-electron chi connectivity index (χ4n) is 1.60. The van der Waals surface area contributed by atoms with Gasteiger partial charge in [-0.1, -0.05) is 25.1 Å². The van der Waals surface area contributed by atoms with Gasteiger partial charge in [0.1, 0.15) is 5.78 Å². The van der Waals surface area contributed by atoms with Crippen molar-refractivity contribution in [3.8, 4) is 0 Å². The molecule has 0 saturated heterocycles. The Labute approximate surface area is 102 Å². The summed E-state index contributed by atoms with van der Waals surface area (Å²) in [6.07, 6.45) is 1.43. The van der Waals surface area contributed by atoms with E-state index in [0.717, 1.165) is 6.42 Å². The van der Waals surface area contributed by atoms with Crippen LogP contribution in [0.1, 0.15) is 25.3 Å². The van der Waals surface area contributed by atoms with E-state index in [1.165, 1.54) is 13.1 Å². The van der Waals surface area contributed by atoms with Crippen LogP contribution in [0.15, 0.2) is 29.2 Å². The van der Waals surface area contributed by atoms with E-state index in [4.69, 9.17) is 0 Å². The van der Waals surface area contributed by atoms with E-state index in [1.54, 1.807) is 18.2 Å². The normalized spacial score (nSPS) is 11.4. The molecular weight excluding hydrogens is 238 g/mol. The fourth-order valence-corrected chi connectivity index (χ4v) is 2.56. The Kier molecular flexibility index (Phi) is 4.84. The van der Waals surface area contributed by atoms with Crippen LogP contribution in [0.25, 0.3) is 0 Å². The highest BCUT2D eigenvalue weighted by atomic mass is 32.2. The van der Waals surface area contributed by atoms with Crippen molar-refractivity contribution in [1.82, 2.24) is 4.72 Å². The Morgan fingerprint density at radius 1 is 1.29 bits per heavy atom. The standard InChI is InChI=1S/C12H17NO3S/c1-3-6-11(14)9-10-7-4-5-8-12(10)17(15,16)13-2/h4-5,7-8,13H,3,6,9H2,1-2H3. The van der Waals surface area contributed by atoms with E-state index in [1.807, 2.05) is 6.92 Å². The molecule has 1 N–H and O–H groups in total. The molecular formula is C12H17NO3S. The van der Waals surface area contributed by atoms with Gasteiger partial charge in [-0.15, -0.1) is 0 Å². The molecule has 5 heteroatoms. The molecule has 0 spiro atoms. The summed E-state index contributed by atoms with van der Waals surface area (Å²) in [4.78, 5) is 11.8. The van der Waals surface area contributed by atoms with Crippen molar-refractivity contribution >= 4 is 15.8 Å². The molecule has 17 heavy (non-hydrogen) atoms. The van der Waals surface area contributed by atoms with Crippen molar-refractivity contribution in [2.45, 2.75) is 31.1 Å². The van der Waals surface area contributed by atoms with Crippen LogP contribution in [-0.2, 0) is 21.2 Å². The second kappa shape index (κ2) is 5.93. The quantitative estimate of drug-likeness (QED) is 0.838. The predicted octanol–water partition coefficient (Wildman–Crippen LogP) is 1.51. The van der Waals surface area contributed by atoms with Crippen molar-refractivity contribution < 1.29 is 13.2 Å². The molecule has 0 bridgehead atoms. The number of Topliss-reactive ketones (excluding diaryl/α,β-unsaturated/α-hetero) is 1. The van der Waals surface area contributed by atoms with Crippen LogP contribution in [0, 0.1) is 0 Å². The minimum atomic E-state index is -3.49. The topological polar surface area (TPSA) is 63.2 Å². The maximum atomic E-state index is 11.7. The van der Waals surface area contributed by atoms with Gasteiger partial charge in [-0.05, 0) is 25.1 Å². The highest BCUT2D eigenvalue weighted by Crippen LogP contribution is 2.16. The zero-order valence-corrected chi connectivity index (χ0v) is 10.9. The molecule has 0 aliphatic rings. The third-order valence-electron chi connectivity index (χ3n) is 2.45. The van der Waals surface area contributed by atoms with Crippen molar-refractivity contribution in [1.29, 1.82) is 0 Å². The molecule has 0 amide bonds. The van der Waals surface area contributed by atoms with Crippen molar-refractivity contribution in [2.24, 2.45) is 0 Å². The molecule has 94 valence electrons. The number of sulfonamides is 1. The molecule has 0 radical (unpaired) electrons. The zero-order chi connectivity index (χ0) is 12.9. The number of benzene rings is 1. The summed E-state index contributed by atoms with van der Waals surface area (Å²) in [5.74, 6) is 0.0613. The number of hydrogen-bond donors (Lipinski definition) is 1. The SMILES string of the molecule is CCCC(=O)Cc1ccccc1S(=O)(=O)NC. The predicted molar refractivity (Wildman–Crippen MR) is 66.3 cm³/mol. The third kappa shape index (κ3) is 3.64. The number of nitrogens with one attached hydrogen (secondary N) is 1. The first kappa shape index (κ1) is 13.9. The first-order valence-corrected chi connectivity index (χ1v) is 7.02. The Bertz CT molecular complexity index is 494. The molecule has 1 rings (SSSR count). The molecule has 4 nitrogen and oxygen atoms in total. The monoisotopic (exact) mass is 255 g/mol. The first-order chi connectivity index (χ1) is 8.01. The molecule has 0 fully saturated rings. The van der Waals surface area contributed by atoms with Gasteiger partial charge in [0.25, 0.3) is 0 Å². The lowest BCUT2D eigenvalue weighted by atomic mass is 10.1. The van der Waals surface area contributed by atoms with E-state index in [-0.39, 0.29) is 17.1 Å². The highest BCUT2D eigenvalue weighted by Gasteiger charge is 2.17. The zero-order valence-electron chi connectivity index (χ0n) is 10.1. The molecule has 0 heterocycles. The second-order valence-corrected chi connectivity index (χ2v) is 5.64.